The Morgan fingerprint density at radius 2 is 1.64 bits per heavy atom. The number of hydrogen-bond acceptors (Lipinski definition) is 4. The molecule has 0 atom stereocenters. The average molecular weight is 291 g/mol. The summed E-state index contributed by atoms with van der Waals surface area (Å²) in [6.07, 6.45) is 0. The molecule has 5 heteroatoms. The summed E-state index contributed by atoms with van der Waals surface area (Å²) in [5.74, 6) is 0. The molecule has 0 aliphatic rings. The number of thiophene rings is 2. The monoisotopic (exact) mass is 290 g/mol. The quantitative estimate of drug-likeness (QED) is 0.777. The van der Waals surface area contributed by atoms with Crippen molar-refractivity contribution < 1.29 is 0 Å². The fraction of sp³-hybridized carbons (Fsp3) is 0.111. The maximum absolute atomic E-state index is 5.45. The van der Waals surface area contributed by atoms with Crippen LogP contribution in [0.5, 0.6) is 0 Å². The molecule has 2 rings (SSSR count). The third-order valence-corrected chi connectivity index (χ3v) is 4.14. The molecule has 0 aliphatic carbocycles. The summed E-state index contributed by atoms with van der Waals surface area (Å²) in [5.41, 5.74) is 12.6. The zero-order chi connectivity index (χ0) is 10.6. The molecule has 0 unspecified atom stereocenters. The average Bonchev–Trinajstić information content (AvgIpc) is 2.67. The van der Waals surface area contributed by atoms with Crippen LogP contribution in [0.15, 0.2) is 26.7 Å². The highest BCUT2D eigenvalue weighted by molar-refractivity contribution is 9.11. The van der Waals surface area contributed by atoms with Crippen molar-refractivity contribution in [2.24, 2.45) is 0 Å². The van der Waals surface area contributed by atoms with Crippen LogP contribution in [0.1, 0.15) is 4.88 Å². The van der Waals surface area contributed by atoms with Crippen molar-refractivity contribution >= 4 is 50.0 Å². The molecule has 0 saturated heterocycles. The van der Waals surface area contributed by atoms with Crippen LogP contribution in [0.4, 0.5) is 11.4 Å². The number of nitrogens with two attached hydrogens (primary N) is 2. The first kappa shape index (κ1) is 11.6. The van der Waals surface area contributed by atoms with Crippen LogP contribution in [-0.4, -0.2) is 0 Å². The molecule has 0 radical (unpaired) electrons. The van der Waals surface area contributed by atoms with Gasteiger partial charge in [-0.3, -0.25) is 0 Å². The number of aryl methyl sites for hydroxylation is 1. The molecule has 0 aliphatic heterocycles. The van der Waals surface area contributed by atoms with E-state index in [1.807, 2.05) is 29.8 Å². The number of halogens is 1. The zero-order valence-electron chi connectivity index (χ0n) is 7.66. The van der Waals surface area contributed by atoms with Crippen LogP contribution in [0.2, 0.25) is 0 Å². The van der Waals surface area contributed by atoms with E-state index in [0.717, 1.165) is 15.2 Å². The Bertz CT molecular complexity index is 324. The Labute approximate surface area is 99.7 Å². The van der Waals surface area contributed by atoms with Gasteiger partial charge in [-0.2, -0.15) is 0 Å². The van der Waals surface area contributed by atoms with E-state index in [1.54, 1.807) is 22.7 Å². The Balaban J connectivity index is 0.000000140. The molecule has 0 fully saturated rings. The van der Waals surface area contributed by atoms with Crippen LogP contribution in [-0.2, 0) is 0 Å². The van der Waals surface area contributed by atoms with Crippen LogP contribution in [0.3, 0.4) is 0 Å². The summed E-state index contributed by atoms with van der Waals surface area (Å²) < 4.78 is 1.02. The summed E-state index contributed by atoms with van der Waals surface area (Å²) >= 11 is 6.53. The number of hydrogen-bond donors (Lipinski definition) is 2. The van der Waals surface area contributed by atoms with E-state index in [4.69, 9.17) is 11.5 Å². The molecule has 0 aromatic carbocycles. The van der Waals surface area contributed by atoms with E-state index >= 15 is 0 Å². The summed E-state index contributed by atoms with van der Waals surface area (Å²) in [6.45, 7) is 2.01. The summed E-state index contributed by atoms with van der Waals surface area (Å²) in [7, 11) is 0. The van der Waals surface area contributed by atoms with E-state index in [2.05, 4.69) is 15.9 Å². The highest BCUT2D eigenvalue weighted by Gasteiger charge is 1.90. The standard InChI is InChI=1S/C5H7NS.C4H4BrNS/c1-4-5(6)2-3-7-4;5-4-3(6)1-2-7-4/h2-3H,6H2,1H3;1-2H,6H2. The first-order valence-electron chi connectivity index (χ1n) is 3.89. The van der Waals surface area contributed by atoms with Gasteiger partial charge >= 0.3 is 0 Å². The van der Waals surface area contributed by atoms with Crippen LogP contribution in [0.25, 0.3) is 0 Å². The number of rotatable bonds is 0. The number of nitrogen functional groups attached to an aromatic ring is 2. The molecular formula is C9H11BrN2S2. The third kappa shape index (κ3) is 3.32. The SMILES string of the molecule is Cc1sccc1N.Nc1ccsc1Br. The fourth-order valence-corrected chi connectivity index (χ4v) is 2.31. The highest BCUT2D eigenvalue weighted by atomic mass is 79.9. The van der Waals surface area contributed by atoms with E-state index in [0.29, 0.717) is 0 Å². The second kappa shape index (κ2) is 5.38. The molecule has 0 amide bonds. The lowest BCUT2D eigenvalue weighted by atomic mass is 10.4. The van der Waals surface area contributed by atoms with E-state index in [-0.39, 0.29) is 0 Å². The predicted molar refractivity (Wildman–Crippen MR) is 69.9 cm³/mol. The van der Waals surface area contributed by atoms with Gasteiger partial charge in [0, 0.05) is 10.6 Å². The fourth-order valence-electron chi connectivity index (χ4n) is 0.695. The molecule has 0 bridgehead atoms. The molecule has 2 nitrogen and oxygen atoms in total. The maximum Gasteiger partial charge on any atom is 0.0927 e. The van der Waals surface area contributed by atoms with Crippen molar-refractivity contribution in [2.75, 3.05) is 11.5 Å². The summed E-state index contributed by atoms with van der Waals surface area (Å²) in [5, 5.41) is 3.93. The van der Waals surface area contributed by atoms with Crippen LogP contribution in [0, 0.1) is 6.92 Å². The van der Waals surface area contributed by atoms with Gasteiger partial charge in [-0.15, -0.1) is 22.7 Å². The lowest BCUT2D eigenvalue weighted by Gasteiger charge is -1.81. The van der Waals surface area contributed by atoms with Crippen molar-refractivity contribution in [1.29, 1.82) is 0 Å². The van der Waals surface area contributed by atoms with E-state index in [9.17, 15) is 0 Å². The van der Waals surface area contributed by atoms with Crippen molar-refractivity contribution in [2.45, 2.75) is 6.92 Å². The van der Waals surface area contributed by atoms with Gasteiger partial charge in [0.15, 0.2) is 0 Å². The molecule has 0 spiro atoms. The largest absolute Gasteiger partial charge is 0.398 e. The summed E-state index contributed by atoms with van der Waals surface area (Å²) in [4.78, 5) is 1.21. The van der Waals surface area contributed by atoms with Gasteiger partial charge in [0.1, 0.15) is 0 Å². The summed E-state index contributed by atoms with van der Waals surface area (Å²) in [6, 6.07) is 3.79. The second-order valence-corrected chi connectivity index (χ2v) is 5.94. The third-order valence-electron chi connectivity index (χ3n) is 1.55. The van der Waals surface area contributed by atoms with Crippen LogP contribution < -0.4 is 11.5 Å². The van der Waals surface area contributed by atoms with Gasteiger partial charge < -0.3 is 11.5 Å². The van der Waals surface area contributed by atoms with Crippen molar-refractivity contribution in [1.82, 2.24) is 0 Å². The first-order chi connectivity index (χ1) is 6.61. The van der Waals surface area contributed by atoms with Crippen molar-refractivity contribution in [3.8, 4) is 0 Å². The normalized spacial score (nSPS) is 9.29. The minimum atomic E-state index is 0.824. The Kier molecular flexibility index (Phi) is 4.44. The molecule has 14 heavy (non-hydrogen) atoms. The van der Waals surface area contributed by atoms with Crippen molar-refractivity contribution in [3.05, 3.63) is 31.6 Å². The minimum Gasteiger partial charge on any atom is -0.398 e. The lowest BCUT2D eigenvalue weighted by Crippen LogP contribution is -1.79. The van der Waals surface area contributed by atoms with Gasteiger partial charge in [0.05, 0.1) is 9.47 Å². The van der Waals surface area contributed by atoms with E-state index in [1.165, 1.54) is 4.88 Å². The lowest BCUT2D eigenvalue weighted by molar-refractivity contribution is 1.63. The van der Waals surface area contributed by atoms with Gasteiger partial charge in [0.25, 0.3) is 0 Å². The van der Waals surface area contributed by atoms with Gasteiger partial charge in [-0.05, 0) is 45.7 Å². The second-order valence-electron chi connectivity index (χ2n) is 2.58. The molecule has 2 heterocycles. The molecule has 2 aromatic rings. The maximum atomic E-state index is 5.45. The highest BCUT2D eigenvalue weighted by Crippen LogP contribution is 2.24. The van der Waals surface area contributed by atoms with E-state index < -0.39 is 0 Å². The Morgan fingerprint density at radius 1 is 1.07 bits per heavy atom. The van der Waals surface area contributed by atoms with Gasteiger partial charge in [-0.1, -0.05) is 0 Å². The van der Waals surface area contributed by atoms with Gasteiger partial charge in [-0.25, -0.2) is 0 Å². The van der Waals surface area contributed by atoms with Crippen molar-refractivity contribution in [3.63, 3.8) is 0 Å². The Morgan fingerprint density at radius 3 is 1.79 bits per heavy atom. The molecule has 76 valence electrons. The molecule has 4 N–H and O–H groups in total. The molecular weight excluding hydrogens is 280 g/mol. The number of anilines is 2. The van der Waals surface area contributed by atoms with Crippen LogP contribution >= 0.6 is 38.6 Å². The topological polar surface area (TPSA) is 52.0 Å². The molecule has 0 saturated carbocycles. The smallest absolute Gasteiger partial charge is 0.0927 e. The predicted octanol–water partition coefficient (Wildman–Crippen LogP) is 3.73. The first-order valence-corrected chi connectivity index (χ1v) is 6.44. The van der Waals surface area contributed by atoms with Gasteiger partial charge in [0.2, 0.25) is 0 Å². The molecule has 2 aromatic heterocycles. The Hall–Kier alpha value is -0.520. The minimum absolute atomic E-state index is 0.824. The zero-order valence-corrected chi connectivity index (χ0v) is 10.9.